The van der Waals surface area contributed by atoms with Gasteiger partial charge in [-0.2, -0.15) is 0 Å². The average Bonchev–Trinajstić information content (AvgIpc) is 2.72. The lowest BCUT2D eigenvalue weighted by Crippen LogP contribution is -2.28. The molecule has 4 rings (SSSR count). The minimum absolute atomic E-state index is 0.00405. The zero-order valence-electron chi connectivity index (χ0n) is 16.5. The largest absolute Gasteiger partial charge is 0.496 e. The molecule has 1 atom stereocenters. The summed E-state index contributed by atoms with van der Waals surface area (Å²) in [6.07, 6.45) is 5.98. The summed E-state index contributed by atoms with van der Waals surface area (Å²) in [5, 5.41) is 0. The first-order valence-corrected chi connectivity index (χ1v) is 10.7. The van der Waals surface area contributed by atoms with E-state index in [1.165, 1.54) is 47.1 Å². The molecule has 0 amide bonds. The Hall–Kier alpha value is -2.24. The Morgan fingerprint density at radius 1 is 1.29 bits per heavy atom. The molecule has 1 aliphatic rings. The Morgan fingerprint density at radius 3 is 3.04 bits per heavy atom. The third-order valence-electron chi connectivity index (χ3n) is 5.67. The normalized spacial score (nSPS) is 16.3. The molecule has 0 radical (unpaired) electrons. The van der Waals surface area contributed by atoms with Gasteiger partial charge in [0, 0.05) is 13.1 Å². The lowest BCUT2D eigenvalue weighted by Gasteiger charge is -2.30. The van der Waals surface area contributed by atoms with Gasteiger partial charge < -0.3 is 9.64 Å². The van der Waals surface area contributed by atoms with Gasteiger partial charge in [0.1, 0.15) is 5.75 Å². The first-order chi connectivity index (χ1) is 13.6. The highest BCUT2D eigenvalue weighted by Gasteiger charge is 2.23. The van der Waals surface area contributed by atoms with Gasteiger partial charge in [0.25, 0.3) is 4.74 Å². The molecule has 2 aromatic carbocycles. The fraction of sp³-hybridized carbons (Fsp3) is 0.391. The minimum atomic E-state index is 0.00405. The van der Waals surface area contributed by atoms with Gasteiger partial charge in [-0.05, 0) is 73.5 Å². The topological polar surface area (TPSA) is 42.4 Å². The molecule has 0 saturated carbocycles. The molecule has 1 unspecified atom stereocenters. The van der Waals surface area contributed by atoms with E-state index < -0.39 is 0 Å². The molecular formula is C23H26N2O2S. The van der Waals surface area contributed by atoms with Crippen molar-refractivity contribution in [2.24, 2.45) is 0 Å². The zero-order valence-corrected chi connectivity index (χ0v) is 17.3. The third kappa shape index (κ3) is 4.10. The van der Waals surface area contributed by atoms with Crippen molar-refractivity contribution in [3.63, 3.8) is 0 Å². The molecular weight excluding hydrogens is 368 g/mol. The van der Waals surface area contributed by atoms with Gasteiger partial charge >= 0.3 is 0 Å². The highest BCUT2D eigenvalue weighted by atomic mass is 32.1. The van der Waals surface area contributed by atoms with Crippen molar-refractivity contribution in [2.45, 2.75) is 31.6 Å². The molecule has 1 heterocycles. The van der Waals surface area contributed by atoms with Crippen LogP contribution in [-0.4, -0.2) is 37.1 Å². The van der Waals surface area contributed by atoms with Crippen molar-refractivity contribution >= 4 is 21.6 Å². The maximum atomic E-state index is 11.4. The van der Waals surface area contributed by atoms with Crippen molar-refractivity contribution in [3.8, 4) is 5.75 Å². The van der Waals surface area contributed by atoms with Crippen molar-refractivity contribution in [3.05, 3.63) is 68.8 Å². The van der Waals surface area contributed by atoms with Crippen LogP contribution in [0.3, 0.4) is 0 Å². The van der Waals surface area contributed by atoms with Crippen LogP contribution in [0.5, 0.6) is 5.75 Å². The number of benzene rings is 2. The van der Waals surface area contributed by atoms with Crippen molar-refractivity contribution in [1.82, 2.24) is 9.88 Å². The number of hydrogen-bond acceptors (Lipinski definition) is 5. The molecule has 4 nitrogen and oxygen atoms in total. The number of fused-ring (bicyclic) bond motifs is 2. The van der Waals surface area contributed by atoms with Gasteiger partial charge in [-0.25, -0.2) is 0 Å². The van der Waals surface area contributed by atoms with Crippen molar-refractivity contribution in [1.29, 1.82) is 0 Å². The number of ether oxygens (including phenoxy) is 1. The lowest BCUT2D eigenvalue weighted by atomic mass is 9.82. The number of nitrogens with zero attached hydrogens (tertiary/aromatic N) is 2. The van der Waals surface area contributed by atoms with Crippen LogP contribution in [0.2, 0.25) is 0 Å². The second kappa shape index (κ2) is 8.41. The fourth-order valence-corrected chi connectivity index (χ4v) is 4.92. The number of likely N-dealkylation sites (N-methyl/N-ethyl adjacent to an activating group) is 1. The number of methoxy groups -OCH3 is 1. The SMILES string of the molecule is COc1cccc2c1CCCC2CN(C)CCc1ccc2sc(=O)cnc2c1. The Bertz CT molecular complexity index is 1030. The van der Waals surface area contributed by atoms with Gasteiger partial charge in [0.05, 0.1) is 23.5 Å². The van der Waals surface area contributed by atoms with Crippen LogP contribution in [0.4, 0.5) is 0 Å². The first-order valence-electron chi connectivity index (χ1n) is 9.87. The van der Waals surface area contributed by atoms with Crippen LogP contribution in [-0.2, 0) is 12.8 Å². The molecule has 28 heavy (non-hydrogen) atoms. The Morgan fingerprint density at radius 2 is 2.18 bits per heavy atom. The van der Waals surface area contributed by atoms with E-state index in [1.54, 1.807) is 7.11 Å². The monoisotopic (exact) mass is 394 g/mol. The van der Waals surface area contributed by atoms with Crippen LogP contribution in [0.25, 0.3) is 10.2 Å². The van der Waals surface area contributed by atoms with Crippen LogP contribution in [0.1, 0.15) is 35.4 Å². The molecule has 0 N–H and O–H groups in total. The summed E-state index contributed by atoms with van der Waals surface area (Å²) in [7, 11) is 3.97. The second-order valence-electron chi connectivity index (χ2n) is 7.61. The van der Waals surface area contributed by atoms with E-state index in [9.17, 15) is 4.79 Å². The highest BCUT2D eigenvalue weighted by molar-refractivity contribution is 7.16. The molecule has 0 bridgehead atoms. The average molecular weight is 395 g/mol. The van der Waals surface area contributed by atoms with Crippen LogP contribution >= 0.6 is 11.3 Å². The van der Waals surface area contributed by atoms with Crippen molar-refractivity contribution < 1.29 is 4.74 Å². The minimum Gasteiger partial charge on any atom is -0.496 e. The summed E-state index contributed by atoms with van der Waals surface area (Å²) < 4.78 is 6.54. The molecule has 0 saturated heterocycles. The molecule has 1 aromatic heterocycles. The Labute approximate surface area is 169 Å². The molecule has 3 aromatic rings. The van der Waals surface area contributed by atoms with E-state index in [0.717, 1.165) is 41.9 Å². The van der Waals surface area contributed by atoms with Crippen LogP contribution < -0.4 is 9.48 Å². The number of aromatic nitrogens is 1. The standard InChI is InChI=1S/C23H26N2O2S/c1-25(12-11-16-9-10-22-20(13-16)24-14-23(26)28-22)15-17-5-3-7-19-18(17)6-4-8-21(19)27-2/h4,6,8-10,13-14,17H,3,5,7,11-12,15H2,1-2H3. The summed E-state index contributed by atoms with van der Waals surface area (Å²) in [5.74, 6) is 1.61. The van der Waals surface area contributed by atoms with E-state index >= 15 is 0 Å². The molecule has 0 fully saturated rings. The Kier molecular flexibility index (Phi) is 5.74. The fourth-order valence-electron chi connectivity index (χ4n) is 4.24. The smallest absolute Gasteiger partial charge is 0.251 e. The van der Waals surface area contributed by atoms with E-state index in [1.807, 2.05) is 6.07 Å². The molecule has 1 aliphatic carbocycles. The molecule has 5 heteroatoms. The molecule has 0 spiro atoms. The van der Waals surface area contributed by atoms with Gasteiger partial charge in [-0.15, -0.1) is 0 Å². The summed E-state index contributed by atoms with van der Waals surface area (Å²) in [5.41, 5.74) is 5.04. The van der Waals surface area contributed by atoms with E-state index in [0.29, 0.717) is 5.92 Å². The zero-order chi connectivity index (χ0) is 19.5. The van der Waals surface area contributed by atoms with Gasteiger partial charge in [0.15, 0.2) is 0 Å². The maximum absolute atomic E-state index is 11.4. The number of hydrogen-bond donors (Lipinski definition) is 0. The summed E-state index contributed by atoms with van der Waals surface area (Å²) >= 11 is 1.26. The third-order valence-corrected chi connectivity index (χ3v) is 6.54. The molecule has 0 aliphatic heterocycles. The highest BCUT2D eigenvalue weighted by Crippen LogP contribution is 2.36. The van der Waals surface area contributed by atoms with E-state index in [4.69, 9.17) is 4.74 Å². The van der Waals surface area contributed by atoms with Gasteiger partial charge in [0.2, 0.25) is 0 Å². The predicted molar refractivity (Wildman–Crippen MR) is 116 cm³/mol. The summed E-state index contributed by atoms with van der Waals surface area (Å²) in [4.78, 5) is 18.1. The van der Waals surface area contributed by atoms with Crippen LogP contribution in [0, 0.1) is 0 Å². The van der Waals surface area contributed by atoms with E-state index in [2.05, 4.69) is 47.3 Å². The predicted octanol–water partition coefficient (Wildman–Crippen LogP) is 4.26. The maximum Gasteiger partial charge on any atom is 0.251 e. The van der Waals surface area contributed by atoms with Crippen LogP contribution in [0.15, 0.2) is 47.4 Å². The lowest BCUT2D eigenvalue weighted by molar-refractivity contribution is 0.299. The van der Waals surface area contributed by atoms with Gasteiger partial charge in [-0.1, -0.05) is 29.5 Å². The molecule has 146 valence electrons. The second-order valence-corrected chi connectivity index (χ2v) is 8.66. The van der Waals surface area contributed by atoms with E-state index in [-0.39, 0.29) is 4.74 Å². The summed E-state index contributed by atoms with van der Waals surface area (Å²) in [6, 6.07) is 12.7. The van der Waals surface area contributed by atoms with Gasteiger partial charge in [-0.3, -0.25) is 9.78 Å². The summed E-state index contributed by atoms with van der Waals surface area (Å²) in [6.45, 7) is 2.07. The quantitative estimate of drug-likeness (QED) is 0.627. The number of rotatable bonds is 6. The Balaban J connectivity index is 1.41. The first kappa shape index (κ1) is 19.1. The van der Waals surface area contributed by atoms with Crippen molar-refractivity contribution in [2.75, 3.05) is 27.2 Å².